The summed E-state index contributed by atoms with van der Waals surface area (Å²) in [7, 11) is 0. The average Bonchev–Trinajstić information content (AvgIpc) is 2.13. The van der Waals surface area contributed by atoms with E-state index < -0.39 is 0 Å². The summed E-state index contributed by atoms with van der Waals surface area (Å²) in [5.41, 5.74) is 0. The van der Waals surface area contributed by atoms with Crippen LogP contribution in [0.5, 0.6) is 0 Å². The standard InChI is InChI=1S/C9H17NO/c1-8(2)10-5-4-6-11-9(3)7-10/h8H,3-7H2,1-2H3. The number of ether oxygens (including phenoxy) is 1. The largest absolute Gasteiger partial charge is 0.497 e. The molecule has 0 N–H and O–H groups in total. The van der Waals surface area contributed by atoms with Gasteiger partial charge in [-0.05, 0) is 20.3 Å². The highest BCUT2D eigenvalue weighted by Crippen LogP contribution is 2.09. The van der Waals surface area contributed by atoms with Crippen LogP contribution in [0.25, 0.3) is 0 Å². The van der Waals surface area contributed by atoms with E-state index in [9.17, 15) is 0 Å². The molecule has 0 aliphatic carbocycles. The first-order valence-electron chi connectivity index (χ1n) is 4.25. The first kappa shape index (κ1) is 8.60. The Bertz CT molecular complexity index is 142. The minimum absolute atomic E-state index is 0.605. The Hall–Kier alpha value is -0.500. The number of rotatable bonds is 1. The molecule has 11 heavy (non-hydrogen) atoms. The predicted molar refractivity (Wildman–Crippen MR) is 46.4 cm³/mol. The summed E-state index contributed by atoms with van der Waals surface area (Å²) in [6, 6.07) is 0.605. The molecule has 1 fully saturated rings. The Morgan fingerprint density at radius 1 is 1.55 bits per heavy atom. The SMILES string of the molecule is C=C1CN(C(C)C)CCCO1. The van der Waals surface area contributed by atoms with Crippen LogP contribution in [0.2, 0.25) is 0 Å². The molecule has 0 spiro atoms. The van der Waals surface area contributed by atoms with Gasteiger partial charge in [0.15, 0.2) is 0 Å². The summed E-state index contributed by atoms with van der Waals surface area (Å²) in [5, 5.41) is 0. The number of hydrogen-bond acceptors (Lipinski definition) is 2. The van der Waals surface area contributed by atoms with Gasteiger partial charge in [0, 0.05) is 12.6 Å². The van der Waals surface area contributed by atoms with Crippen molar-refractivity contribution >= 4 is 0 Å². The highest BCUT2D eigenvalue weighted by atomic mass is 16.5. The van der Waals surface area contributed by atoms with Crippen molar-refractivity contribution in [2.24, 2.45) is 0 Å². The molecule has 1 rings (SSSR count). The van der Waals surface area contributed by atoms with Crippen LogP contribution in [0.15, 0.2) is 12.3 Å². The van der Waals surface area contributed by atoms with E-state index in [0.29, 0.717) is 6.04 Å². The van der Waals surface area contributed by atoms with Gasteiger partial charge in [0.05, 0.1) is 13.2 Å². The molecule has 1 saturated heterocycles. The average molecular weight is 155 g/mol. The monoisotopic (exact) mass is 155 g/mol. The minimum Gasteiger partial charge on any atom is -0.497 e. The van der Waals surface area contributed by atoms with Gasteiger partial charge in [0.2, 0.25) is 0 Å². The van der Waals surface area contributed by atoms with Gasteiger partial charge in [-0.25, -0.2) is 0 Å². The Kier molecular flexibility index (Phi) is 2.94. The highest BCUT2D eigenvalue weighted by Gasteiger charge is 2.13. The molecule has 0 saturated carbocycles. The van der Waals surface area contributed by atoms with E-state index >= 15 is 0 Å². The van der Waals surface area contributed by atoms with Gasteiger partial charge < -0.3 is 4.74 Å². The second-order valence-electron chi connectivity index (χ2n) is 3.30. The molecule has 0 aromatic carbocycles. The summed E-state index contributed by atoms with van der Waals surface area (Å²) >= 11 is 0. The van der Waals surface area contributed by atoms with Crippen molar-refractivity contribution in [2.75, 3.05) is 19.7 Å². The summed E-state index contributed by atoms with van der Waals surface area (Å²) < 4.78 is 5.35. The Labute approximate surface area is 68.8 Å². The highest BCUT2D eigenvalue weighted by molar-refractivity contribution is 4.89. The van der Waals surface area contributed by atoms with E-state index in [-0.39, 0.29) is 0 Å². The van der Waals surface area contributed by atoms with Crippen molar-refractivity contribution in [3.05, 3.63) is 12.3 Å². The quantitative estimate of drug-likeness (QED) is 0.570. The van der Waals surface area contributed by atoms with Gasteiger partial charge in [-0.1, -0.05) is 6.58 Å². The lowest BCUT2D eigenvalue weighted by atomic mass is 10.3. The molecule has 2 heteroatoms. The lowest BCUT2D eigenvalue weighted by Gasteiger charge is -2.23. The van der Waals surface area contributed by atoms with Crippen LogP contribution >= 0.6 is 0 Å². The second-order valence-corrected chi connectivity index (χ2v) is 3.30. The van der Waals surface area contributed by atoms with Gasteiger partial charge in [-0.15, -0.1) is 0 Å². The molecule has 1 aliphatic heterocycles. The molecule has 2 nitrogen and oxygen atoms in total. The van der Waals surface area contributed by atoms with E-state index in [0.717, 1.165) is 31.9 Å². The van der Waals surface area contributed by atoms with Crippen LogP contribution in [-0.2, 0) is 4.74 Å². The first-order valence-corrected chi connectivity index (χ1v) is 4.25. The molecule has 0 aromatic rings. The zero-order valence-corrected chi connectivity index (χ0v) is 7.47. The van der Waals surface area contributed by atoms with Crippen molar-refractivity contribution in [3.63, 3.8) is 0 Å². The molecule has 64 valence electrons. The van der Waals surface area contributed by atoms with Crippen molar-refractivity contribution in [1.82, 2.24) is 4.90 Å². The molecule has 0 aromatic heterocycles. The minimum atomic E-state index is 0.605. The zero-order chi connectivity index (χ0) is 8.27. The fourth-order valence-electron chi connectivity index (χ4n) is 1.28. The molecule has 0 atom stereocenters. The molecule has 1 aliphatic rings. The maximum atomic E-state index is 5.35. The Morgan fingerprint density at radius 2 is 2.27 bits per heavy atom. The summed E-state index contributed by atoms with van der Waals surface area (Å²) in [4.78, 5) is 2.38. The molecular weight excluding hydrogens is 138 g/mol. The van der Waals surface area contributed by atoms with E-state index in [1.54, 1.807) is 0 Å². The van der Waals surface area contributed by atoms with Crippen LogP contribution < -0.4 is 0 Å². The van der Waals surface area contributed by atoms with Gasteiger partial charge >= 0.3 is 0 Å². The summed E-state index contributed by atoms with van der Waals surface area (Å²) in [6.07, 6.45) is 1.12. The van der Waals surface area contributed by atoms with E-state index in [1.807, 2.05) is 0 Å². The Balaban J connectivity index is 2.45. The van der Waals surface area contributed by atoms with Gasteiger partial charge in [0.25, 0.3) is 0 Å². The van der Waals surface area contributed by atoms with Crippen LogP contribution in [0.3, 0.4) is 0 Å². The van der Waals surface area contributed by atoms with Crippen molar-refractivity contribution < 1.29 is 4.74 Å². The topological polar surface area (TPSA) is 12.5 Å². The Morgan fingerprint density at radius 3 is 2.91 bits per heavy atom. The van der Waals surface area contributed by atoms with Gasteiger partial charge in [-0.2, -0.15) is 0 Å². The molecule has 0 amide bonds. The number of nitrogens with zero attached hydrogens (tertiary/aromatic N) is 1. The van der Waals surface area contributed by atoms with Crippen molar-refractivity contribution in [2.45, 2.75) is 26.3 Å². The first-order chi connectivity index (χ1) is 5.20. The lowest BCUT2D eigenvalue weighted by molar-refractivity contribution is 0.209. The predicted octanol–water partition coefficient (Wildman–Crippen LogP) is 1.63. The maximum absolute atomic E-state index is 5.35. The third-order valence-corrected chi connectivity index (χ3v) is 2.01. The van der Waals surface area contributed by atoms with Crippen LogP contribution in [0.4, 0.5) is 0 Å². The number of hydrogen-bond donors (Lipinski definition) is 0. The van der Waals surface area contributed by atoms with E-state index in [4.69, 9.17) is 4.74 Å². The molecule has 0 bridgehead atoms. The van der Waals surface area contributed by atoms with E-state index in [1.165, 1.54) is 0 Å². The third kappa shape index (κ3) is 2.54. The molecule has 1 heterocycles. The summed E-state index contributed by atoms with van der Waals surface area (Å²) in [5.74, 6) is 0.913. The van der Waals surface area contributed by atoms with Crippen LogP contribution in [-0.4, -0.2) is 30.6 Å². The van der Waals surface area contributed by atoms with Crippen molar-refractivity contribution in [3.8, 4) is 0 Å². The fourth-order valence-corrected chi connectivity index (χ4v) is 1.28. The van der Waals surface area contributed by atoms with Gasteiger partial charge in [0.1, 0.15) is 5.76 Å². The lowest BCUT2D eigenvalue weighted by Crippen LogP contribution is -2.32. The maximum Gasteiger partial charge on any atom is 0.103 e. The third-order valence-electron chi connectivity index (χ3n) is 2.01. The van der Waals surface area contributed by atoms with Crippen LogP contribution in [0.1, 0.15) is 20.3 Å². The molecule has 0 unspecified atom stereocenters. The zero-order valence-electron chi connectivity index (χ0n) is 7.47. The second kappa shape index (κ2) is 3.77. The van der Waals surface area contributed by atoms with Gasteiger partial charge in [-0.3, -0.25) is 4.90 Å². The molecular formula is C9H17NO. The normalized spacial score (nSPS) is 21.5. The smallest absolute Gasteiger partial charge is 0.103 e. The van der Waals surface area contributed by atoms with Crippen molar-refractivity contribution in [1.29, 1.82) is 0 Å². The van der Waals surface area contributed by atoms with E-state index in [2.05, 4.69) is 25.3 Å². The van der Waals surface area contributed by atoms with Crippen LogP contribution in [0, 0.1) is 0 Å². The summed E-state index contributed by atoms with van der Waals surface area (Å²) in [6.45, 7) is 11.1. The fraction of sp³-hybridized carbons (Fsp3) is 0.778. The molecule has 0 radical (unpaired) electrons.